The minimum Gasteiger partial charge on any atom is -0.379 e. The van der Waals surface area contributed by atoms with Crippen molar-refractivity contribution in [3.63, 3.8) is 0 Å². The summed E-state index contributed by atoms with van der Waals surface area (Å²) in [4.78, 5) is 29.2. The molecule has 1 atom stereocenters. The number of aromatic amines is 1. The summed E-state index contributed by atoms with van der Waals surface area (Å²) >= 11 is 6.07. The molecule has 2 N–H and O–H groups in total. The van der Waals surface area contributed by atoms with Crippen molar-refractivity contribution in [1.29, 1.82) is 0 Å². The normalized spacial score (nSPS) is 15.5. The van der Waals surface area contributed by atoms with Crippen LogP contribution in [0.5, 0.6) is 0 Å². The molecule has 0 spiro atoms. The quantitative estimate of drug-likeness (QED) is 0.397. The molecule has 2 heterocycles. The molecule has 2 aromatic carbocycles. The Balaban J connectivity index is 1.55. The van der Waals surface area contributed by atoms with E-state index in [2.05, 4.69) is 15.2 Å². The number of carbonyl (C=O) groups excluding carboxylic acids is 1. The molecule has 1 aliphatic heterocycles. The third kappa shape index (κ3) is 5.27. The topological polar surface area (TPSA) is 100 Å². The number of hydrogen-bond donors (Lipinski definition) is 2. The van der Waals surface area contributed by atoms with Crippen LogP contribution in [0.25, 0.3) is 10.9 Å². The van der Waals surface area contributed by atoms with Gasteiger partial charge in [0.2, 0.25) is 5.91 Å². The fourth-order valence-corrected chi connectivity index (χ4v) is 4.20. The number of rotatable bonds is 8. The van der Waals surface area contributed by atoms with Crippen molar-refractivity contribution in [1.82, 2.24) is 15.2 Å². The molecule has 1 aliphatic rings. The number of nitrogens with zero attached hydrogens (tertiary/aromatic N) is 2. The lowest BCUT2D eigenvalue weighted by molar-refractivity contribution is -0.384. The minimum atomic E-state index is -0.411. The highest BCUT2D eigenvalue weighted by atomic mass is 35.5. The third-order valence-electron chi connectivity index (χ3n) is 5.80. The molecule has 1 amide bonds. The number of aromatic nitrogens is 1. The summed E-state index contributed by atoms with van der Waals surface area (Å²) < 4.78 is 5.35. The smallest absolute Gasteiger partial charge is 0.270 e. The number of hydrogen-bond acceptors (Lipinski definition) is 5. The number of benzene rings is 2. The van der Waals surface area contributed by atoms with Crippen molar-refractivity contribution < 1.29 is 14.5 Å². The number of ether oxygens (including phenoxy) is 1. The standard InChI is InChI=1S/C23H25ClN4O4/c24-17-3-1-16(2-4-17)19(14-23(29)25-7-8-27-9-11-32-12-10-27)21-15-26-22-6-5-18(28(30)31)13-20(21)22/h1-6,13,15,19,26H,7-12,14H2,(H,25,29)/t19-/m0/s1. The SMILES string of the molecule is O=C(C[C@@H](c1ccc(Cl)cc1)c1c[nH]c2ccc([N+](=O)[O-])cc12)NCCN1CCOCC1. The van der Waals surface area contributed by atoms with E-state index < -0.39 is 4.92 Å². The minimum absolute atomic E-state index is 0.0168. The zero-order chi connectivity index (χ0) is 22.5. The molecule has 1 fully saturated rings. The van der Waals surface area contributed by atoms with Crippen LogP contribution in [-0.4, -0.2) is 60.1 Å². The van der Waals surface area contributed by atoms with E-state index in [1.54, 1.807) is 24.3 Å². The van der Waals surface area contributed by atoms with Crippen molar-refractivity contribution in [3.8, 4) is 0 Å². The number of nitro benzene ring substituents is 1. The van der Waals surface area contributed by atoms with Gasteiger partial charge in [-0.1, -0.05) is 23.7 Å². The lowest BCUT2D eigenvalue weighted by Gasteiger charge is -2.26. The van der Waals surface area contributed by atoms with Gasteiger partial charge in [-0.2, -0.15) is 0 Å². The van der Waals surface area contributed by atoms with Crippen molar-refractivity contribution in [2.45, 2.75) is 12.3 Å². The molecule has 0 saturated carbocycles. The van der Waals surface area contributed by atoms with Gasteiger partial charge in [0, 0.05) is 72.8 Å². The van der Waals surface area contributed by atoms with Gasteiger partial charge in [0.1, 0.15) is 0 Å². The lowest BCUT2D eigenvalue weighted by atomic mass is 9.88. The fourth-order valence-electron chi connectivity index (χ4n) is 4.07. The van der Waals surface area contributed by atoms with E-state index in [9.17, 15) is 14.9 Å². The lowest BCUT2D eigenvalue weighted by Crippen LogP contribution is -2.41. The Morgan fingerprint density at radius 3 is 2.69 bits per heavy atom. The molecule has 9 heteroatoms. The Labute approximate surface area is 190 Å². The van der Waals surface area contributed by atoms with E-state index >= 15 is 0 Å². The Bertz CT molecular complexity index is 1090. The molecule has 168 valence electrons. The maximum absolute atomic E-state index is 12.8. The van der Waals surface area contributed by atoms with Crippen LogP contribution in [0, 0.1) is 10.1 Å². The molecule has 8 nitrogen and oxygen atoms in total. The van der Waals surface area contributed by atoms with Crippen LogP contribution in [0.3, 0.4) is 0 Å². The Hall–Kier alpha value is -2.94. The molecule has 4 rings (SSSR count). The largest absolute Gasteiger partial charge is 0.379 e. The number of fused-ring (bicyclic) bond motifs is 1. The zero-order valence-electron chi connectivity index (χ0n) is 17.6. The molecular formula is C23H25ClN4O4. The fraction of sp³-hybridized carbons (Fsp3) is 0.348. The number of amides is 1. The summed E-state index contributed by atoms with van der Waals surface area (Å²) in [6.45, 7) is 4.53. The van der Waals surface area contributed by atoms with Gasteiger partial charge in [-0.25, -0.2) is 0 Å². The van der Waals surface area contributed by atoms with Crippen molar-refractivity contribution in [2.24, 2.45) is 0 Å². The summed E-state index contributed by atoms with van der Waals surface area (Å²) in [7, 11) is 0. The second kappa shape index (κ2) is 10.1. The number of non-ortho nitro benzene ring substituents is 1. The molecule has 32 heavy (non-hydrogen) atoms. The monoisotopic (exact) mass is 456 g/mol. The van der Waals surface area contributed by atoms with E-state index in [0.717, 1.165) is 54.9 Å². The van der Waals surface area contributed by atoms with Crippen LogP contribution < -0.4 is 5.32 Å². The van der Waals surface area contributed by atoms with Crippen molar-refractivity contribution in [2.75, 3.05) is 39.4 Å². The predicted octanol–water partition coefficient (Wildman–Crippen LogP) is 3.70. The van der Waals surface area contributed by atoms with Crippen LogP contribution in [0.2, 0.25) is 5.02 Å². The second-order valence-electron chi connectivity index (χ2n) is 7.84. The van der Waals surface area contributed by atoms with Gasteiger partial charge in [-0.3, -0.25) is 19.8 Å². The highest BCUT2D eigenvalue weighted by Gasteiger charge is 2.23. The number of halogens is 1. The molecule has 0 radical (unpaired) electrons. The molecule has 1 aromatic heterocycles. The van der Waals surface area contributed by atoms with E-state index in [4.69, 9.17) is 16.3 Å². The van der Waals surface area contributed by atoms with Gasteiger partial charge >= 0.3 is 0 Å². The number of nitro groups is 1. The average molecular weight is 457 g/mol. The van der Waals surface area contributed by atoms with E-state index in [1.165, 1.54) is 6.07 Å². The highest BCUT2D eigenvalue weighted by Crippen LogP contribution is 2.35. The van der Waals surface area contributed by atoms with E-state index in [1.807, 2.05) is 18.3 Å². The molecule has 3 aromatic rings. The third-order valence-corrected chi connectivity index (χ3v) is 6.05. The summed E-state index contributed by atoms with van der Waals surface area (Å²) in [6, 6.07) is 12.1. The Morgan fingerprint density at radius 2 is 1.97 bits per heavy atom. The first-order valence-corrected chi connectivity index (χ1v) is 11.0. The summed E-state index contributed by atoms with van der Waals surface area (Å²) in [5.41, 5.74) is 2.57. The molecular weight excluding hydrogens is 432 g/mol. The molecule has 0 aliphatic carbocycles. The highest BCUT2D eigenvalue weighted by molar-refractivity contribution is 6.30. The van der Waals surface area contributed by atoms with Crippen LogP contribution in [0.1, 0.15) is 23.5 Å². The molecule has 0 unspecified atom stereocenters. The number of nitrogens with one attached hydrogen (secondary N) is 2. The first-order chi connectivity index (χ1) is 15.5. The van der Waals surface area contributed by atoms with Gasteiger partial charge in [0.05, 0.1) is 18.1 Å². The maximum Gasteiger partial charge on any atom is 0.270 e. The zero-order valence-corrected chi connectivity index (χ0v) is 18.3. The first-order valence-electron chi connectivity index (χ1n) is 10.6. The number of H-pyrrole nitrogens is 1. The Morgan fingerprint density at radius 1 is 1.22 bits per heavy atom. The van der Waals surface area contributed by atoms with E-state index in [0.29, 0.717) is 11.6 Å². The van der Waals surface area contributed by atoms with Gasteiger partial charge in [-0.05, 0) is 29.3 Å². The van der Waals surface area contributed by atoms with Crippen LogP contribution in [0.15, 0.2) is 48.7 Å². The van der Waals surface area contributed by atoms with Gasteiger partial charge in [0.25, 0.3) is 5.69 Å². The second-order valence-corrected chi connectivity index (χ2v) is 8.28. The Kier molecular flexibility index (Phi) is 7.04. The maximum atomic E-state index is 12.8. The van der Waals surface area contributed by atoms with Gasteiger partial charge < -0.3 is 15.0 Å². The van der Waals surface area contributed by atoms with Crippen LogP contribution in [-0.2, 0) is 9.53 Å². The van der Waals surface area contributed by atoms with Gasteiger partial charge in [0.15, 0.2) is 0 Å². The number of carbonyl (C=O) groups is 1. The van der Waals surface area contributed by atoms with E-state index in [-0.39, 0.29) is 23.9 Å². The van der Waals surface area contributed by atoms with Crippen LogP contribution in [0.4, 0.5) is 5.69 Å². The molecule has 0 bridgehead atoms. The first kappa shape index (κ1) is 22.3. The van der Waals surface area contributed by atoms with Crippen LogP contribution >= 0.6 is 11.6 Å². The summed E-state index contributed by atoms with van der Waals surface area (Å²) in [5.74, 6) is -0.343. The average Bonchev–Trinajstić information content (AvgIpc) is 3.22. The number of morpholine rings is 1. The van der Waals surface area contributed by atoms with Gasteiger partial charge in [-0.15, -0.1) is 0 Å². The summed E-state index contributed by atoms with van der Waals surface area (Å²) in [5, 5.41) is 15.6. The summed E-state index contributed by atoms with van der Waals surface area (Å²) in [6.07, 6.45) is 2.05. The van der Waals surface area contributed by atoms with Crippen molar-refractivity contribution in [3.05, 3.63) is 74.9 Å². The predicted molar refractivity (Wildman–Crippen MR) is 123 cm³/mol. The molecule has 1 saturated heterocycles. The van der Waals surface area contributed by atoms with Crippen molar-refractivity contribution >= 4 is 34.1 Å².